The topological polar surface area (TPSA) is 12.0 Å². The highest BCUT2D eigenvalue weighted by molar-refractivity contribution is 4.89. The molecule has 0 amide bonds. The second-order valence-electron chi connectivity index (χ2n) is 4.07. The maximum Gasteiger partial charge on any atom is -0.00490 e. The molecule has 0 spiro atoms. The Bertz CT molecular complexity index is 134. The molecule has 0 heterocycles. The molecule has 1 aliphatic rings. The smallest absolute Gasteiger partial charge is 0.00490 e. The lowest BCUT2D eigenvalue weighted by atomic mass is 9.89. The van der Waals surface area contributed by atoms with Crippen LogP contribution in [0.4, 0.5) is 0 Å². The number of hydrogen-bond donors (Lipinski definition) is 1. The van der Waals surface area contributed by atoms with Crippen LogP contribution in [0.15, 0.2) is 12.2 Å². The summed E-state index contributed by atoms with van der Waals surface area (Å²) in [4.78, 5) is 0. The molecule has 1 nitrogen and oxygen atoms in total. The Hall–Kier alpha value is -0.300. The summed E-state index contributed by atoms with van der Waals surface area (Å²) in [5.74, 6) is 0.906. The molecule has 0 atom stereocenters. The zero-order valence-electron chi connectivity index (χ0n) is 8.89. The third-order valence-corrected chi connectivity index (χ3v) is 2.86. The van der Waals surface area contributed by atoms with Crippen LogP contribution in [0.5, 0.6) is 0 Å². The SMILES string of the molecule is CNCCCC=CC1CCCCC1. The molecule has 0 aromatic carbocycles. The van der Waals surface area contributed by atoms with E-state index in [4.69, 9.17) is 0 Å². The van der Waals surface area contributed by atoms with Crippen molar-refractivity contribution in [2.24, 2.45) is 5.92 Å². The maximum absolute atomic E-state index is 3.17. The first kappa shape index (κ1) is 10.8. The van der Waals surface area contributed by atoms with Crippen molar-refractivity contribution in [3.63, 3.8) is 0 Å². The minimum absolute atomic E-state index is 0.906. The molecule has 76 valence electrons. The highest BCUT2D eigenvalue weighted by atomic mass is 14.8. The van der Waals surface area contributed by atoms with Crippen molar-refractivity contribution in [3.05, 3.63) is 12.2 Å². The van der Waals surface area contributed by atoms with E-state index in [1.54, 1.807) is 0 Å². The van der Waals surface area contributed by atoms with E-state index in [0.29, 0.717) is 0 Å². The van der Waals surface area contributed by atoms with Crippen molar-refractivity contribution in [2.75, 3.05) is 13.6 Å². The molecule has 0 saturated heterocycles. The fourth-order valence-corrected chi connectivity index (χ4v) is 2.01. The van der Waals surface area contributed by atoms with Crippen LogP contribution in [-0.2, 0) is 0 Å². The highest BCUT2D eigenvalue weighted by Gasteiger charge is 2.08. The van der Waals surface area contributed by atoms with Crippen molar-refractivity contribution < 1.29 is 0 Å². The van der Waals surface area contributed by atoms with Gasteiger partial charge in [0.15, 0.2) is 0 Å². The number of unbranched alkanes of at least 4 members (excludes halogenated alkanes) is 1. The van der Waals surface area contributed by atoms with Gasteiger partial charge in [0.05, 0.1) is 0 Å². The fraction of sp³-hybridized carbons (Fsp3) is 0.833. The van der Waals surface area contributed by atoms with Gasteiger partial charge >= 0.3 is 0 Å². The summed E-state index contributed by atoms with van der Waals surface area (Å²) in [6.07, 6.45) is 14.6. The van der Waals surface area contributed by atoms with Gasteiger partial charge in [0.25, 0.3) is 0 Å². The number of hydrogen-bond acceptors (Lipinski definition) is 1. The number of nitrogens with one attached hydrogen (secondary N) is 1. The number of rotatable bonds is 5. The molecular weight excluding hydrogens is 158 g/mol. The standard InChI is InChI=1S/C12H23N/c1-13-11-7-3-6-10-12-8-4-2-5-9-12/h6,10,12-13H,2-5,7-9,11H2,1H3. The van der Waals surface area contributed by atoms with E-state index in [9.17, 15) is 0 Å². The monoisotopic (exact) mass is 181 g/mol. The van der Waals surface area contributed by atoms with E-state index in [1.807, 2.05) is 7.05 Å². The van der Waals surface area contributed by atoms with Gasteiger partial charge in [-0.1, -0.05) is 31.4 Å². The minimum Gasteiger partial charge on any atom is -0.320 e. The van der Waals surface area contributed by atoms with E-state index < -0.39 is 0 Å². The summed E-state index contributed by atoms with van der Waals surface area (Å²) in [5.41, 5.74) is 0. The molecule has 0 radical (unpaired) electrons. The predicted molar refractivity (Wildman–Crippen MR) is 58.9 cm³/mol. The quantitative estimate of drug-likeness (QED) is 0.507. The lowest BCUT2D eigenvalue weighted by Crippen LogP contribution is -2.06. The maximum atomic E-state index is 3.17. The van der Waals surface area contributed by atoms with Crippen molar-refractivity contribution >= 4 is 0 Å². The zero-order chi connectivity index (χ0) is 9.36. The van der Waals surface area contributed by atoms with Gasteiger partial charge in [-0.05, 0) is 45.2 Å². The van der Waals surface area contributed by atoms with Gasteiger partial charge in [0.2, 0.25) is 0 Å². The lowest BCUT2D eigenvalue weighted by Gasteiger charge is -2.17. The van der Waals surface area contributed by atoms with Crippen LogP contribution in [0.2, 0.25) is 0 Å². The van der Waals surface area contributed by atoms with Crippen molar-refractivity contribution in [3.8, 4) is 0 Å². The van der Waals surface area contributed by atoms with Gasteiger partial charge in [-0.25, -0.2) is 0 Å². The average Bonchev–Trinajstić information content (AvgIpc) is 2.19. The van der Waals surface area contributed by atoms with Crippen LogP contribution in [0.25, 0.3) is 0 Å². The van der Waals surface area contributed by atoms with Crippen LogP contribution in [0.1, 0.15) is 44.9 Å². The Kier molecular flexibility index (Phi) is 5.92. The van der Waals surface area contributed by atoms with Crippen molar-refractivity contribution in [1.29, 1.82) is 0 Å². The molecular formula is C12H23N. The molecule has 1 N–H and O–H groups in total. The molecule has 1 heteroatoms. The molecule has 1 aliphatic carbocycles. The molecule has 0 unspecified atom stereocenters. The second-order valence-corrected chi connectivity index (χ2v) is 4.07. The normalized spacial score (nSPS) is 19.8. The Morgan fingerprint density at radius 3 is 2.69 bits per heavy atom. The summed E-state index contributed by atoms with van der Waals surface area (Å²) < 4.78 is 0. The molecule has 13 heavy (non-hydrogen) atoms. The lowest BCUT2D eigenvalue weighted by molar-refractivity contribution is 0.418. The van der Waals surface area contributed by atoms with Crippen LogP contribution in [0, 0.1) is 5.92 Å². The van der Waals surface area contributed by atoms with E-state index in [1.165, 1.54) is 44.9 Å². The molecule has 0 aliphatic heterocycles. The second kappa shape index (κ2) is 7.14. The molecule has 0 aromatic rings. The van der Waals surface area contributed by atoms with Gasteiger partial charge in [-0.3, -0.25) is 0 Å². The Morgan fingerprint density at radius 1 is 1.23 bits per heavy atom. The van der Waals surface area contributed by atoms with E-state index in [2.05, 4.69) is 17.5 Å². The highest BCUT2D eigenvalue weighted by Crippen LogP contribution is 2.24. The van der Waals surface area contributed by atoms with Crippen LogP contribution >= 0.6 is 0 Å². The van der Waals surface area contributed by atoms with Crippen molar-refractivity contribution in [1.82, 2.24) is 5.32 Å². The van der Waals surface area contributed by atoms with Gasteiger partial charge in [-0.2, -0.15) is 0 Å². The molecule has 1 saturated carbocycles. The van der Waals surface area contributed by atoms with Crippen LogP contribution in [0.3, 0.4) is 0 Å². The first-order valence-corrected chi connectivity index (χ1v) is 5.74. The fourth-order valence-electron chi connectivity index (χ4n) is 2.01. The number of allylic oxidation sites excluding steroid dienone is 2. The molecule has 1 fully saturated rings. The van der Waals surface area contributed by atoms with Gasteiger partial charge < -0.3 is 5.32 Å². The van der Waals surface area contributed by atoms with Crippen LogP contribution in [-0.4, -0.2) is 13.6 Å². The molecule has 0 aromatic heterocycles. The predicted octanol–water partition coefficient (Wildman–Crippen LogP) is 3.12. The third kappa shape index (κ3) is 5.09. The minimum atomic E-state index is 0.906. The van der Waals surface area contributed by atoms with Crippen LogP contribution < -0.4 is 5.32 Å². The Balaban J connectivity index is 2.01. The van der Waals surface area contributed by atoms with E-state index in [-0.39, 0.29) is 0 Å². The first-order valence-electron chi connectivity index (χ1n) is 5.74. The third-order valence-electron chi connectivity index (χ3n) is 2.86. The van der Waals surface area contributed by atoms with Crippen molar-refractivity contribution in [2.45, 2.75) is 44.9 Å². The summed E-state index contributed by atoms with van der Waals surface area (Å²) in [5, 5.41) is 3.17. The van der Waals surface area contributed by atoms with E-state index in [0.717, 1.165) is 12.5 Å². The first-order chi connectivity index (χ1) is 6.43. The van der Waals surface area contributed by atoms with Gasteiger partial charge in [-0.15, -0.1) is 0 Å². The summed E-state index contributed by atoms with van der Waals surface area (Å²) >= 11 is 0. The zero-order valence-corrected chi connectivity index (χ0v) is 8.89. The summed E-state index contributed by atoms with van der Waals surface area (Å²) in [6, 6.07) is 0. The molecule has 0 bridgehead atoms. The van der Waals surface area contributed by atoms with Gasteiger partial charge in [0.1, 0.15) is 0 Å². The summed E-state index contributed by atoms with van der Waals surface area (Å²) in [7, 11) is 2.02. The molecule has 1 rings (SSSR count). The summed E-state index contributed by atoms with van der Waals surface area (Å²) in [6.45, 7) is 1.15. The average molecular weight is 181 g/mol. The Labute approximate surface area is 82.6 Å². The van der Waals surface area contributed by atoms with Gasteiger partial charge in [0, 0.05) is 0 Å². The Morgan fingerprint density at radius 2 is 2.00 bits per heavy atom. The van der Waals surface area contributed by atoms with E-state index >= 15 is 0 Å². The largest absolute Gasteiger partial charge is 0.320 e.